The molecule has 0 aliphatic rings. The third kappa shape index (κ3) is 1.90. The highest BCUT2D eigenvalue weighted by molar-refractivity contribution is 6.23. The Balaban J connectivity index is 3.68. The van der Waals surface area contributed by atoms with E-state index in [9.17, 15) is 5.11 Å². The molecule has 0 amide bonds. The fourth-order valence-corrected chi connectivity index (χ4v) is 2.23. The molecule has 0 saturated heterocycles. The Morgan fingerprint density at radius 3 is 1.60 bits per heavy atom. The Bertz CT molecular complexity index is 379. The van der Waals surface area contributed by atoms with Crippen LogP contribution in [-0.4, -0.2) is 5.11 Å². The van der Waals surface area contributed by atoms with Gasteiger partial charge in [-0.1, -0.05) is 11.6 Å². The number of hydrogen-bond acceptors (Lipinski definition) is 3. The lowest BCUT2D eigenvalue weighted by Crippen LogP contribution is -2.19. The molecule has 1 aromatic carbocycles. The Labute approximate surface area is 95.0 Å². The molecule has 1 unspecified atom stereocenters. The largest absolute Gasteiger partial charge is 0.398 e. The van der Waals surface area contributed by atoms with Gasteiger partial charge in [0.15, 0.2) is 5.06 Å². The predicted octanol–water partition coefficient (Wildman–Crippen LogP) is 2.18. The van der Waals surface area contributed by atoms with Crippen molar-refractivity contribution in [1.29, 1.82) is 0 Å². The summed E-state index contributed by atoms with van der Waals surface area (Å²) in [4.78, 5) is 0. The molecule has 1 rings (SSSR count). The van der Waals surface area contributed by atoms with Crippen LogP contribution in [0.15, 0.2) is 0 Å². The van der Waals surface area contributed by atoms with Crippen LogP contribution in [0.3, 0.4) is 0 Å². The smallest absolute Gasteiger partial charge is 0.162 e. The number of alkyl halides is 1. The molecule has 1 aromatic rings. The molecule has 0 radical (unpaired) electrons. The third-order valence-corrected chi connectivity index (χ3v) is 3.01. The summed E-state index contributed by atoms with van der Waals surface area (Å²) in [5, 5.41) is 8.40. The molecule has 84 valence electrons. The van der Waals surface area contributed by atoms with E-state index in [1.165, 1.54) is 6.92 Å². The lowest BCUT2D eigenvalue weighted by Gasteiger charge is -2.24. The van der Waals surface area contributed by atoms with E-state index in [0.717, 1.165) is 16.7 Å². The summed E-state index contributed by atoms with van der Waals surface area (Å²) in [5.41, 5.74) is 16.0. The first-order valence-corrected chi connectivity index (χ1v) is 5.12. The van der Waals surface area contributed by atoms with Crippen LogP contribution in [0.2, 0.25) is 0 Å². The Morgan fingerprint density at radius 2 is 1.33 bits per heavy atom. The highest BCUT2D eigenvalue weighted by atomic mass is 35.5. The number of rotatable bonds is 1. The monoisotopic (exact) mass is 228 g/mol. The Morgan fingerprint density at radius 1 is 1.00 bits per heavy atom. The summed E-state index contributed by atoms with van der Waals surface area (Å²) in [5.74, 6) is 0. The van der Waals surface area contributed by atoms with E-state index < -0.39 is 5.06 Å². The van der Waals surface area contributed by atoms with Gasteiger partial charge in [-0.05, 0) is 44.4 Å². The molecular weight excluding hydrogens is 212 g/mol. The van der Waals surface area contributed by atoms with E-state index >= 15 is 0 Å². The maximum absolute atomic E-state index is 9.84. The molecule has 3 nitrogen and oxygen atoms in total. The minimum Gasteiger partial charge on any atom is -0.398 e. The van der Waals surface area contributed by atoms with E-state index in [-0.39, 0.29) is 0 Å². The van der Waals surface area contributed by atoms with Crippen LogP contribution in [0.25, 0.3) is 0 Å². The van der Waals surface area contributed by atoms with E-state index in [1.807, 2.05) is 20.8 Å². The number of nitrogens with two attached hydrogens (primary N) is 2. The summed E-state index contributed by atoms with van der Waals surface area (Å²) >= 11 is 5.91. The predicted molar refractivity (Wildman–Crippen MR) is 64.9 cm³/mol. The van der Waals surface area contributed by atoms with E-state index in [4.69, 9.17) is 23.1 Å². The van der Waals surface area contributed by atoms with E-state index in [2.05, 4.69) is 0 Å². The zero-order valence-electron chi connectivity index (χ0n) is 9.48. The van der Waals surface area contributed by atoms with Crippen molar-refractivity contribution in [1.82, 2.24) is 0 Å². The van der Waals surface area contributed by atoms with Gasteiger partial charge in [-0.15, -0.1) is 0 Å². The number of nitrogen functional groups attached to an aromatic ring is 2. The lowest BCUT2D eigenvalue weighted by molar-refractivity contribution is 0.149. The maximum Gasteiger partial charge on any atom is 0.162 e. The summed E-state index contributed by atoms with van der Waals surface area (Å²) in [6.45, 7) is 7.04. The molecule has 0 aromatic heterocycles. The number of aliphatic hydroxyl groups is 1. The zero-order chi connectivity index (χ0) is 12.0. The molecule has 1 atom stereocenters. The quantitative estimate of drug-likeness (QED) is 0.510. The molecule has 0 aliphatic carbocycles. The number of anilines is 2. The van der Waals surface area contributed by atoms with Gasteiger partial charge >= 0.3 is 0 Å². The highest BCUT2D eigenvalue weighted by Crippen LogP contribution is 2.38. The first-order chi connectivity index (χ1) is 6.68. The molecule has 5 N–H and O–H groups in total. The van der Waals surface area contributed by atoms with Gasteiger partial charge in [-0.25, -0.2) is 0 Å². The summed E-state index contributed by atoms with van der Waals surface area (Å²) in [6.07, 6.45) is 0. The molecule has 4 heteroatoms. The summed E-state index contributed by atoms with van der Waals surface area (Å²) in [7, 11) is 0. The van der Waals surface area contributed by atoms with Crippen molar-refractivity contribution in [2.75, 3.05) is 11.5 Å². The van der Waals surface area contributed by atoms with Gasteiger partial charge in [0.25, 0.3) is 0 Å². The maximum atomic E-state index is 9.84. The standard InChI is InChI=1S/C11H17ClN2O/c1-5-8(11(4,12)15)6(2)10(14)7(3)9(5)13/h15H,13-14H2,1-4H3. The average Bonchev–Trinajstić information content (AvgIpc) is 2.09. The normalized spacial score (nSPS) is 15.1. The van der Waals surface area contributed by atoms with Crippen molar-refractivity contribution >= 4 is 23.0 Å². The zero-order valence-corrected chi connectivity index (χ0v) is 10.2. The topological polar surface area (TPSA) is 72.3 Å². The number of hydrogen-bond donors (Lipinski definition) is 3. The molecule has 0 spiro atoms. The van der Waals surface area contributed by atoms with Crippen molar-refractivity contribution in [3.63, 3.8) is 0 Å². The second-order valence-corrected chi connectivity index (χ2v) is 4.77. The summed E-state index contributed by atoms with van der Waals surface area (Å²) < 4.78 is 0. The second-order valence-electron chi connectivity index (χ2n) is 4.03. The van der Waals surface area contributed by atoms with Gasteiger partial charge in [0.1, 0.15) is 0 Å². The van der Waals surface area contributed by atoms with Crippen LogP contribution < -0.4 is 11.5 Å². The highest BCUT2D eigenvalue weighted by Gasteiger charge is 2.27. The average molecular weight is 229 g/mol. The van der Waals surface area contributed by atoms with Gasteiger partial charge in [0.2, 0.25) is 0 Å². The van der Waals surface area contributed by atoms with Gasteiger partial charge < -0.3 is 16.6 Å². The van der Waals surface area contributed by atoms with Crippen LogP contribution in [0, 0.1) is 20.8 Å². The fraction of sp³-hybridized carbons (Fsp3) is 0.455. The molecule has 0 bridgehead atoms. The number of halogens is 1. The van der Waals surface area contributed by atoms with Gasteiger partial charge in [-0.2, -0.15) is 0 Å². The molecule has 15 heavy (non-hydrogen) atoms. The molecule has 0 fully saturated rings. The van der Waals surface area contributed by atoms with Gasteiger partial charge in [0.05, 0.1) is 0 Å². The van der Waals surface area contributed by atoms with Crippen molar-refractivity contribution in [2.45, 2.75) is 32.8 Å². The van der Waals surface area contributed by atoms with Crippen LogP contribution in [0.1, 0.15) is 29.2 Å². The molecule has 0 aliphatic heterocycles. The van der Waals surface area contributed by atoms with Crippen molar-refractivity contribution in [3.8, 4) is 0 Å². The van der Waals surface area contributed by atoms with Crippen molar-refractivity contribution < 1.29 is 5.11 Å². The van der Waals surface area contributed by atoms with Crippen molar-refractivity contribution in [3.05, 3.63) is 22.3 Å². The van der Waals surface area contributed by atoms with Crippen LogP contribution in [0.4, 0.5) is 11.4 Å². The van der Waals surface area contributed by atoms with Crippen LogP contribution in [0.5, 0.6) is 0 Å². The van der Waals surface area contributed by atoms with E-state index in [0.29, 0.717) is 16.9 Å². The second kappa shape index (κ2) is 3.58. The Kier molecular flexibility index (Phi) is 2.90. The fourth-order valence-electron chi connectivity index (χ4n) is 1.94. The molecule has 0 saturated carbocycles. The van der Waals surface area contributed by atoms with E-state index in [1.54, 1.807) is 0 Å². The van der Waals surface area contributed by atoms with Crippen molar-refractivity contribution in [2.24, 2.45) is 0 Å². The minimum atomic E-state index is -1.44. The Hall–Kier alpha value is -0.930. The van der Waals surface area contributed by atoms with Crippen LogP contribution >= 0.6 is 11.6 Å². The SMILES string of the molecule is Cc1c(N)c(C)c(C(C)(O)Cl)c(C)c1N. The summed E-state index contributed by atoms with van der Waals surface area (Å²) in [6, 6.07) is 0. The third-order valence-electron chi connectivity index (χ3n) is 2.82. The molecule has 0 heterocycles. The minimum absolute atomic E-state index is 0.592. The molecular formula is C11H17ClN2O. The number of benzene rings is 1. The van der Waals surface area contributed by atoms with Gasteiger partial charge in [-0.3, -0.25) is 0 Å². The van der Waals surface area contributed by atoms with Gasteiger partial charge in [0, 0.05) is 16.9 Å². The first-order valence-electron chi connectivity index (χ1n) is 4.74. The lowest BCUT2D eigenvalue weighted by atomic mass is 9.92. The first kappa shape index (κ1) is 12.1. The van der Waals surface area contributed by atoms with Crippen LogP contribution in [-0.2, 0) is 5.06 Å².